The standard InChI is InChI=1S/C15H15B2NO5/c1-15(2)9-5-3-7-11(16(19)18-22)13(9)23-14-10(15)6-4-8-12(14)17(20)21/h3-8,19-21H,1-2H3. The number of para-hydroxylation sites is 2. The number of fused-ring (bicyclic) bond motifs is 2. The minimum absolute atomic E-state index is 0.226. The first kappa shape index (κ1) is 15.7. The minimum Gasteiger partial charge on any atom is -0.457 e. The molecule has 0 saturated carbocycles. The van der Waals surface area contributed by atoms with Gasteiger partial charge in [-0.3, -0.25) is 0 Å². The highest BCUT2D eigenvalue weighted by Crippen LogP contribution is 2.46. The van der Waals surface area contributed by atoms with Gasteiger partial charge in [-0.15, -0.1) is 0 Å². The van der Waals surface area contributed by atoms with Crippen LogP contribution in [0.1, 0.15) is 25.0 Å². The molecule has 1 aliphatic rings. The van der Waals surface area contributed by atoms with Gasteiger partial charge in [-0.1, -0.05) is 55.3 Å². The lowest BCUT2D eigenvalue weighted by Crippen LogP contribution is -2.38. The molecule has 0 radical (unpaired) electrons. The molecule has 0 saturated heterocycles. The van der Waals surface area contributed by atoms with Crippen molar-refractivity contribution in [1.29, 1.82) is 0 Å². The number of hydrogen-bond donors (Lipinski definition) is 3. The van der Waals surface area contributed by atoms with Crippen molar-refractivity contribution in [3.8, 4) is 11.5 Å². The summed E-state index contributed by atoms with van der Waals surface area (Å²) in [5.41, 5.74) is 1.55. The molecule has 3 N–H and O–H groups in total. The summed E-state index contributed by atoms with van der Waals surface area (Å²) in [6.45, 7) is 3.93. The quantitative estimate of drug-likeness (QED) is 0.557. The van der Waals surface area contributed by atoms with E-state index in [9.17, 15) is 20.0 Å². The highest BCUT2D eigenvalue weighted by molar-refractivity contribution is 6.65. The van der Waals surface area contributed by atoms with Gasteiger partial charge in [0.1, 0.15) is 11.5 Å². The second-order valence-electron chi connectivity index (χ2n) is 6.03. The van der Waals surface area contributed by atoms with Gasteiger partial charge in [0.15, 0.2) is 0 Å². The highest BCUT2D eigenvalue weighted by atomic mass is 16.5. The van der Waals surface area contributed by atoms with Gasteiger partial charge in [-0.25, -0.2) is 0 Å². The maximum atomic E-state index is 10.7. The van der Waals surface area contributed by atoms with Crippen LogP contribution in [-0.2, 0) is 5.41 Å². The lowest BCUT2D eigenvalue weighted by molar-refractivity contribution is 0.407. The number of nitrogens with zero attached hydrogens (tertiary/aromatic N) is 1. The van der Waals surface area contributed by atoms with E-state index in [1.54, 1.807) is 24.3 Å². The van der Waals surface area contributed by atoms with Crippen LogP contribution >= 0.6 is 0 Å². The Morgan fingerprint density at radius 3 is 2.00 bits per heavy atom. The van der Waals surface area contributed by atoms with E-state index < -0.39 is 19.6 Å². The van der Waals surface area contributed by atoms with E-state index in [2.05, 4.69) is 5.09 Å². The normalized spacial score (nSPS) is 14.3. The van der Waals surface area contributed by atoms with Gasteiger partial charge in [0, 0.05) is 27.5 Å². The predicted molar refractivity (Wildman–Crippen MR) is 88.3 cm³/mol. The predicted octanol–water partition coefficient (Wildman–Crippen LogP) is 0.252. The molecule has 0 bridgehead atoms. The van der Waals surface area contributed by atoms with E-state index in [1.807, 2.05) is 26.0 Å². The number of hydrogen-bond acceptors (Lipinski definition) is 6. The fourth-order valence-corrected chi connectivity index (χ4v) is 3.03. The molecule has 0 aliphatic carbocycles. The van der Waals surface area contributed by atoms with Crippen molar-refractivity contribution < 1.29 is 19.8 Å². The Morgan fingerprint density at radius 1 is 0.957 bits per heavy atom. The third-order valence-corrected chi connectivity index (χ3v) is 4.30. The zero-order chi connectivity index (χ0) is 16.8. The first-order chi connectivity index (χ1) is 10.9. The Morgan fingerprint density at radius 2 is 1.48 bits per heavy atom. The molecule has 23 heavy (non-hydrogen) atoms. The third kappa shape index (κ3) is 2.35. The van der Waals surface area contributed by atoms with Gasteiger partial charge in [0.25, 0.3) is 0 Å². The summed E-state index contributed by atoms with van der Waals surface area (Å²) in [5.74, 6) is 0.649. The molecule has 6 nitrogen and oxygen atoms in total. The van der Waals surface area contributed by atoms with E-state index in [1.165, 1.54) is 0 Å². The van der Waals surface area contributed by atoms with Crippen molar-refractivity contribution in [3.05, 3.63) is 52.4 Å². The molecule has 1 heterocycles. The van der Waals surface area contributed by atoms with Crippen molar-refractivity contribution in [2.24, 2.45) is 5.09 Å². The minimum atomic E-state index is -1.69. The van der Waals surface area contributed by atoms with Crippen LogP contribution in [0.25, 0.3) is 0 Å². The molecule has 1 aliphatic heterocycles. The van der Waals surface area contributed by atoms with Gasteiger partial charge in [-0.05, 0) is 0 Å². The Labute approximate surface area is 134 Å². The van der Waals surface area contributed by atoms with Crippen LogP contribution in [0.2, 0.25) is 0 Å². The molecule has 0 aromatic heterocycles. The fraction of sp³-hybridized carbons (Fsp3) is 0.200. The Bertz CT molecular complexity index is 778. The van der Waals surface area contributed by atoms with Crippen molar-refractivity contribution in [1.82, 2.24) is 0 Å². The molecule has 0 atom stereocenters. The second kappa shape index (κ2) is 5.49. The Balaban J connectivity index is 2.28. The zero-order valence-corrected chi connectivity index (χ0v) is 12.7. The molecule has 2 aromatic carbocycles. The number of rotatable bonds is 3. The Hall–Kier alpha value is -2.15. The lowest BCUT2D eigenvalue weighted by atomic mass is 9.67. The monoisotopic (exact) mass is 311 g/mol. The highest BCUT2D eigenvalue weighted by Gasteiger charge is 2.39. The molecule has 0 amide bonds. The molecular formula is C15H15B2NO5. The summed E-state index contributed by atoms with van der Waals surface area (Å²) in [7, 11) is -3.24. The van der Waals surface area contributed by atoms with Gasteiger partial charge < -0.3 is 19.8 Å². The van der Waals surface area contributed by atoms with E-state index >= 15 is 0 Å². The maximum Gasteiger partial charge on any atom is 0.521 e. The SMILES string of the molecule is CC1(C)c2cccc(B(O)O)c2Oc2c(B(O)N=O)cccc21. The van der Waals surface area contributed by atoms with E-state index in [-0.39, 0.29) is 10.9 Å². The molecule has 8 heteroatoms. The molecular weight excluding hydrogens is 296 g/mol. The van der Waals surface area contributed by atoms with E-state index in [0.717, 1.165) is 11.1 Å². The zero-order valence-electron chi connectivity index (χ0n) is 12.7. The smallest absolute Gasteiger partial charge is 0.457 e. The summed E-state index contributed by atoms with van der Waals surface area (Å²) >= 11 is 0. The average molecular weight is 311 g/mol. The first-order valence-corrected chi connectivity index (χ1v) is 7.19. The van der Waals surface area contributed by atoms with Crippen LogP contribution in [0.3, 0.4) is 0 Å². The molecule has 0 spiro atoms. The van der Waals surface area contributed by atoms with Gasteiger partial charge in [-0.2, -0.15) is 4.91 Å². The van der Waals surface area contributed by atoms with Crippen LogP contribution < -0.4 is 15.7 Å². The topological polar surface area (TPSA) is 99.3 Å². The fourth-order valence-electron chi connectivity index (χ4n) is 3.03. The van der Waals surface area contributed by atoms with Crippen LogP contribution in [0.15, 0.2) is 41.5 Å². The van der Waals surface area contributed by atoms with Crippen LogP contribution in [0, 0.1) is 4.91 Å². The summed E-state index contributed by atoms with van der Waals surface area (Å²) in [6, 6.07) is 10.3. The molecule has 116 valence electrons. The van der Waals surface area contributed by atoms with E-state index in [4.69, 9.17) is 4.74 Å². The largest absolute Gasteiger partial charge is 0.521 e. The van der Waals surface area contributed by atoms with Gasteiger partial charge in [0.2, 0.25) is 0 Å². The average Bonchev–Trinajstić information content (AvgIpc) is 2.53. The number of benzene rings is 2. The van der Waals surface area contributed by atoms with E-state index in [0.29, 0.717) is 11.5 Å². The first-order valence-electron chi connectivity index (χ1n) is 7.19. The summed E-state index contributed by atoms with van der Waals surface area (Å²) < 4.78 is 5.88. The second-order valence-corrected chi connectivity index (χ2v) is 6.03. The van der Waals surface area contributed by atoms with Crippen molar-refractivity contribution in [2.45, 2.75) is 19.3 Å². The number of ether oxygens (including phenoxy) is 1. The van der Waals surface area contributed by atoms with Crippen molar-refractivity contribution in [2.75, 3.05) is 0 Å². The molecule has 0 fully saturated rings. The lowest BCUT2D eigenvalue weighted by Gasteiger charge is -2.36. The Kier molecular flexibility index (Phi) is 3.75. The third-order valence-electron chi connectivity index (χ3n) is 4.30. The van der Waals surface area contributed by atoms with Gasteiger partial charge >= 0.3 is 14.2 Å². The van der Waals surface area contributed by atoms with Crippen molar-refractivity contribution in [3.63, 3.8) is 0 Å². The summed E-state index contributed by atoms with van der Waals surface area (Å²) in [5, 5.41) is 31.6. The van der Waals surface area contributed by atoms with Crippen molar-refractivity contribution >= 4 is 25.1 Å². The molecule has 3 rings (SSSR count). The maximum absolute atomic E-state index is 10.7. The van der Waals surface area contributed by atoms with Crippen LogP contribution in [0.5, 0.6) is 11.5 Å². The summed E-state index contributed by atoms with van der Waals surface area (Å²) in [4.78, 5) is 10.7. The van der Waals surface area contributed by atoms with Gasteiger partial charge in [0.05, 0.1) is 0 Å². The number of nitroso groups, excluding NO2 is 1. The molecule has 2 aromatic rings. The molecule has 0 unspecified atom stereocenters. The van der Waals surface area contributed by atoms with Crippen LogP contribution in [0.4, 0.5) is 0 Å². The summed E-state index contributed by atoms with van der Waals surface area (Å²) in [6.07, 6.45) is 0. The van der Waals surface area contributed by atoms with Crippen LogP contribution in [-0.4, -0.2) is 29.2 Å².